The summed E-state index contributed by atoms with van der Waals surface area (Å²) >= 11 is 7.13. The first-order valence-corrected chi connectivity index (χ1v) is 8.61. The molecule has 2 N–H and O–H groups in total. The number of thioether (sulfide) groups is 1. The average Bonchev–Trinajstić information content (AvgIpc) is 3.01. The molecule has 1 heterocycles. The molecule has 0 radical (unpaired) electrons. The summed E-state index contributed by atoms with van der Waals surface area (Å²) < 4.78 is 1.50. The molecule has 0 unspecified atom stereocenters. The molecular formula is C14H17ClN6O2S. The summed E-state index contributed by atoms with van der Waals surface area (Å²) in [4.78, 5) is 23.5. The fraction of sp³-hybridized carbons (Fsp3) is 0.357. The molecule has 2 aromatic rings. The molecule has 1 aromatic heterocycles. The molecule has 2 amide bonds. The Morgan fingerprint density at radius 1 is 1.42 bits per heavy atom. The number of amides is 2. The Morgan fingerprint density at radius 2 is 2.21 bits per heavy atom. The Balaban J connectivity index is 1.95. The Bertz CT molecular complexity index is 723. The fourth-order valence-electron chi connectivity index (χ4n) is 1.84. The highest BCUT2D eigenvalue weighted by molar-refractivity contribution is 7.99. The van der Waals surface area contributed by atoms with Crippen molar-refractivity contribution in [3.63, 3.8) is 0 Å². The van der Waals surface area contributed by atoms with Gasteiger partial charge in [-0.05, 0) is 42.5 Å². The van der Waals surface area contributed by atoms with Crippen LogP contribution in [0.5, 0.6) is 0 Å². The number of likely N-dealkylation sites (N-methyl/N-ethyl adjacent to an activating group) is 1. The summed E-state index contributed by atoms with van der Waals surface area (Å²) in [5.41, 5.74) is 0.700. The van der Waals surface area contributed by atoms with Crippen LogP contribution in [0.4, 0.5) is 0 Å². The summed E-state index contributed by atoms with van der Waals surface area (Å²) in [6.45, 7) is 3.96. The number of nitrogens with zero attached hydrogens (tertiary/aromatic N) is 4. The van der Waals surface area contributed by atoms with Crippen molar-refractivity contribution in [2.24, 2.45) is 0 Å². The number of rotatable bonds is 7. The Hall–Kier alpha value is -2.13. The summed E-state index contributed by atoms with van der Waals surface area (Å²) in [5.74, 6) is -0.413. The van der Waals surface area contributed by atoms with Gasteiger partial charge < -0.3 is 10.6 Å². The number of benzene rings is 1. The van der Waals surface area contributed by atoms with Crippen LogP contribution in [-0.2, 0) is 9.59 Å². The van der Waals surface area contributed by atoms with Gasteiger partial charge in [-0.25, -0.2) is 0 Å². The lowest BCUT2D eigenvalue weighted by atomic mass is 10.3. The quantitative estimate of drug-likeness (QED) is 0.708. The highest BCUT2D eigenvalue weighted by Crippen LogP contribution is 2.20. The minimum absolute atomic E-state index is 0.0880. The van der Waals surface area contributed by atoms with Gasteiger partial charge in [-0.15, -0.1) is 5.10 Å². The molecule has 8 nitrogen and oxygen atoms in total. The van der Waals surface area contributed by atoms with Crippen LogP contribution in [0.25, 0.3) is 5.69 Å². The summed E-state index contributed by atoms with van der Waals surface area (Å²) in [6.07, 6.45) is 0. The van der Waals surface area contributed by atoms with Crippen LogP contribution in [0.15, 0.2) is 29.4 Å². The number of halogens is 1. The third-order valence-electron chi connectivity index (χ3n) is 2.95. The third-order valence-corrected chi connectivity index (χ3v) is 4.10. The van der Waals surface area contributed by atoms with Crippen molar-refractivity contribution in [2.45, 2.75) is 25.0 Å². The molecule has 0 aliphatic rings. The summed E-state index contributed by atoms with van der Waals surface area (Å²) in [6, 6.07) is 6.47. The molecule has 1 atom stereocenters. The normalized spacial score (nSPS) is 11.8. The van der Waals surface area contributed by atoms with E-state index in [9.17, 15) is 9.59 Å². The van der Waals surface area contributed by atoms with Crippen LogP contribution >= 0.6 is 23.4 Å². The second kappa shape index (κ2) is 8.65. The van der Waals surface area contributed by atoms with E-state index in [-0.39, 0.29) is 17.6 Å². The number of hydrogen-bond donors (Lipinski definition) is 2. The first-order valence-electron chi connectivity index (χ1n) is 7.25. The van der Waals surface area contributed by atoms with Crippen LogP contribution in [0.3, 0.4) is 0 Å². The third kappa shape index (κ3) is 4.93. The van der Waals surface area contributed by atoms with Crippen molar-refractivity contribution < 1.29 is 9.59 Å². The van der Waals surface area contributed by atoms with E-state index in [1.165, 1.54) is 16.4 Å². The first kappa shape index (κ1) is 18.2. The van der Waals surface area contributed by atoms with Crippen molar-refractivity contribution in [1.82, 2.24) is 30.8 Å². The zero-order chi connectivity index (χ0) is 17.5. The van der Waals surface area contributed by atoms with E-state index in [2.05, 4.69) is 26.2 Å². The van der Waals surface area contributed by atoms with Gasteiger partial charge >= 0.3 is 0 Å². The van der Waals surface area contributed by atoms with Gasteiger partial charge in [-0.3, -0.25) is 9.59 Å². The van der Waals surface area contributed by atoms with Crippen LogP contribution in [0.2, 0.25) is 5.02 Å². The van der Waals surface area contributed by atoms with E-state index < -0.39 is 6.04 Å². The van der Waals surface area contributed by atoms with E-state index in [1.807, 2.05) is 13.0 Å². The van der Waals surface area contributed by atoms with Gasteiger partial charge in [0.15, 0.2) is 0 Å². The molecule has 24 heavy (non-hydrogen) atoms. The molecule has 0 saturated carbocycles. The molecular weight excluding hydrogens is 352 g/mol. The van der Waals surface area contributed by atoms with Gasteiger partial charge in [-0.2, -0.15) is 4.68 Å². The highest BCUT2D eigenvalue weighted by Gasteiger charge is 2.16. The largest absolute Gasteiger partial charge is 0.355 e. The molecule has 2 rings (SSSR count). The molecule has 0 aliphatic carbocycles. The number of hydrogen-bond acceptors (Lipinski definition) is 6. The Kier molecular flexibility index (Phi) is 6.56. The average molecular weight is 369 g/mol. The number of tetrazole rings is 1. The molecule has 0 bridgehead atoms. The molecule has 128 valence electrons. The van der Waals surface area contributed by atoms with E-state index in [0.717, 1.165) is 0 Å². The summed E-state index contributed by atoms with van der Waals surface area (Å²) in [7, 11) is 0. The lowest BCUT2D eigenvalue weighted by molar-refractivity contribution is -0.127. The van der Waals surface area contributed by atoms with Crippen LogP contribution < -0.4 is 10.6 Å². The Labute approximate surface area is 148 Å². The predicted octanol–water partition coefficient (Wildman–Crippen LogP) is 1.05. The van der Waals surface area contributed by atoms with Crippen LogP contribution in [-0.4, -0.2) is 50.4 Å². The lowest BCUT2D eigenvalue weighted by Gasteiger charge is -2.12. The second-order valence-corrected chi connectivity index (χ2v) is 6.20. The van der Waals surface area contributed by atoms with Crippen molar-refractivity contribution in [1.29, 1.82) is 0 Å². The van der Waals surface area contributed by atoms with Crippen molar-refractivity contribution in [3.8, 4) is 5.69 Å². The second-order valence-electron chi connectivity index (χ2n) is 4.83. The van der Waals surface area contributed by atoms with E-state index in [1.54, 1.807) is 25.1 Å². The molecule has 0 spiro atoms. The number of carbonyl (C=O) groups excluding carboxylic acids is 2. The molecule has 10 heteroatoms. The highest BCUT2D eigenvalue weighted by atomic mass is 35.5. The van der Waals surface area contributed by atoms with Gasteiger partial charge in [0.2, 0.25) is 17.0 Å². The molecule has 1 aromatic carbocycles. The maximum Gasteiger partial charge on any atom is 0.242 e. The summed E-state index contributed by atoms with van der Waals surface area (Å²) in [5, 5.41) is 17.7. The monoisotopic (exact) mass is 368 g/mol. The minimum Gasteiger partial charge on any atom is -0.355 e. The number of nitrogens with one attached hydrogen (secondary N) is 2. The SMILES string of the molecule is CCNC(=O)[C@H](C)NC(=O)CSc1nnnn1-c1cccc(Cl)c1. The van der Waals surface area contributed by atoms with Crippen molar-refractivity contribution in [2.75, 3.05) is 12.3 Å². The van der Waals surface area contributed by atoms with Crippen molar-refractivity contribution in [3.05, 3.63) is 29.3 Å². The standard InChI is InChI=1S/C14H17ClN6O2S/c1-3-16-13(23)9(2)17-12(22)8-24-14-18-19-20-21(14)11-6-4-5-10(15)7-11/h4-7,9H,3,8H2,1-2H3,(H,16,23)(H,17,22)/t9-/m0/s1. The van der Waals surface area contributed by atoms with Crippen molar-refractivity contribution >= 4 is 35.2 Å². The van der Waals surface area contributed by atoms with E-state index in [4.69, 9.17) is 11.6 Å². The van der Waals surface area contributed by atoms with Crippen LogP contribution in [0, 0.1) is 0 Å². The molecule has 0 fully saturated rings. The van der Waals surface area contributed by atoms with E-state index >= 15 is 0 Å². The maximum absolute atomic E-state index is 11.9. The zero-order valence-electron chi connectivity index (χ0n) is 13.2. The van der Waals surface area contributed by atoms with Gasteiger partial charge in [-0.1, -0.05) is 29.4 Å². The Morgan fingerprint density at radius 3 is 2.92 bits per heavy atom. The van der Waals surface area contributed by atoms with E-state index in [0.29, 0.717) is 22.4 Å². The maximum atomic E-state index is 11.9. The predicted molar refractivity (Wildman–Crippen MR) is 91.2 cm³/mol. The number of carbonyl (C=O) groups is 2. The van der Waals surface area contributed by atoms with Crippen LogP contribution in [0.1, 0.15) is 13.8 Å². The number of aromatic nitrogens is 4. The minimum atomic E-state index is -0.595. The molecule has 0 saturated heterocycles. The topological polar surface area (TPSA) is 102 Å². The van der Waals surface area contributed by atoms with Gasteiger partial charge in [0.05, 0.1) is 11.4 Å². The zero-order valence-corrected chi connectivity index (χ0v) is 14.8. The first-order chi connectivity index (χ1) is 11.5. The molecule has 0 aliphatic heterocycles. The van der Waals surface area contributed by atoms with Gasteiger partial charge in [0, 0.05) is 11.6 Å². The fourth-order valence-corrected chi connectivity index (χ4v) is 2.73. The van der Waals surface area contributed by atoms with Gasteiger partial charge in [0.1, 0.15) is 6.04 Å². The smallest absolute Gasteiger partial charge is 0.242 e. The lowest BCUT2D eigenvalue weighted by Crippen LogP contribution is -2.45. The van der Waals surface area contributed by atoms with Gasteiger partial charge in [0.25, 0.3) is 0 Å².